The van der Waals surface area contributed by atoms with Crippen LogP contribution in [0, 0.1) is 0 Å². The number of carbonyl (C=O) groups excluding carboxylic acids is 1. The molecule has 1 aromatic rings. The molecule has 1 aliphatic rings. The van der Waals surface area contributed by atoms with E-state index in [1.54, 1.807) is 25.2 Å². The molecular weight excluding hydrogens is 270 g/mol. The monoisotopic (exact) mass is 283 g/mol. The van der Waals surface area contributed by atoms with E-state index in [1.807, 2.05) is 0 Å². The van der Waals surface area contributed by atoms with E-state index in [0.717, 1.165) is 0 Å². The minimum atomic E-state index is -0.352. The summed E-state index contributed by atoms with van der Waals surface area (Å²) in [5, 5.41) is 2.97. The van der Waals surface area contributed by atoms with E-state index in [-0.39, 0.29) is 19.3 Å². The maximum Gasteiger partial charge on any atom is 0.276 e. The normalized spacial score (nSPS) is 11.6. The maximum atomic E-state index is 11.4. The number of rotatable bonds is 3. The molecule has 0 aliphatic carbocycles. The minimum absolute atomic E-state index is 0.140. The molecule has 8 heteroatoms. The Labute approximate surface area is 115 Å². The van der Waals surface area contributed by atoms with Gasteiger partial charge in [-0.25, -0.2) is 0 Å². The van der Waals surface area contributed by atoms with Crippen molar-refractivity contribution in [2.45, 2.75) is 0 Å². The number of ether oxygens (including phenoxy) is 3. The van der Waals surface area contributed by atoms with Crippen LogP contribution in [0.3, 0.4) is 0 Å². The molecule has 0 aromatic heterocycles. The number of hydrogen-bond acceptors (Lipinski definition) is 5. The minimum Gasteiger partial charge on any atom is -0.484 e. The highest BCUT2D eigenvalue weighted by molar-refractivity contribution is 7.80. The molecule has 3 N–H and O–H groups in total. The molecule has 0 saturated carbocycles. The van der Waals surface area contributed by atoms with Gasteiger partial charge in [0.25, 0.3) is 5.91 Å². The lowest BCUT2D eigenvalue weighted by Crippen LogP contribution is -2.47. The highest BCUT2D eigenvalue weighted by Gasteiger charge is 2.14. The van der Waals surface area contributed by atoms with Gasteiger partial charge in [-0.15, -0.1) is 0 Å². The number of nitrogens with one attached hydrogen (secondary N) is 3. The van der Waals surface area contributed by atoms with Crippen molar-refractivity contribution in [1.29, 1.82) is 0 Å². The molecule has 1 heterocycles. The summed E-state index contributed by atoms with van der Waals surface area (Å²) >= 11 is 4.80. The molecule has 0 spiro atoms. The molecule has 19 heavy (non-hydrogen) atoms. The van der Waals surface area contributed by atoms with Crippen LogP contribution < -0.4 is 30.4 Å². The van der Waals surface area contributed by atoms with Gasteiger partial charge in [0, 0.05) is 13.1 Å². The average Bonchev–Trinajstić information content (AvgIpc) is 2.89. The fraction of sp³-hybridized carbons (Fsp3) is 0.273. The molecule has 0 saturated heterocycles. The molecule has 1 aromatic carbocycles. The largest absolute Gasteiger partial charge is 0.484 e. The smallest absolute Gasteiger partial charge is 0.276 e. The van der Waals surface area contributed by atoms with Gasteiger partial charge in [0.1, 0.15) is 5.75 Å². The van der Waals surface area contributed by atoms with Gasteiger partial charge in [-0.3, -0.25) is 15.6 Å². The average molecular weight is 283 g/mol. The lowest BCUT2D eigenvalue weighted by atomic mass is 10.3. The fourth-order valence-corrected chi connectivity index (χ4v) is 1.39. The Bertz CT molecular complexity index is 495. The van der Waals surface area contributed by atoms with Crippen LogP contribution in [0.2, 0.25) is 0 Å². The highest BCUT2D eigenvalue weighted by atomic mass is 32.1. The number of benzene rings is 1. The molecular formula is C11H13N3O4S. The van der Waals surface area contributed by atoms with Crippen molar-refractivity contribution < 1.29 is 19.0 Å². The second-order valence-corrected chi connectivity index (χ2v) is 3.96. The van der Waals surface area contributed by atoms with Crippen molar-refractivity contribution in [1.82, 2.24) is 16.2 Å². The number of fused-ring (bicyclic) bond motifs is 1. The van der Waals surface area contributed by atoms with E-state index in [2.05, 4.69) is 16.2 Å². The zero-order valence-corrected chi connectivity index (χ0v) is 11.0. The Kier molecular flexibility index (Phi) is 4.24. The fourth-order valence-electron chi connectivity index (χ4n) is 1.34. The predicted octanol–water partition coefficient (Wildman–Crippen LogP) is -0.0808. The molecule has 0 unspecified atom stereocenters. The van der Waals surface area contributed by atoms with Gasteiger partial charge in [-0.2, -0.15) is 0 Å². The summed E-state index contributed by atoms with van der Waals surface area (Å²) < 4.78 is 15.7. The van der Waals surface area contributed by atoms with E-state index in [4.69, 9.17) is 26.4 Å². The van der Waals surface area contributed by atoms with Crippen LogP contribution in [0.25, 0.3) is 0 Å². The van der Waals surface area contributed by atoms with Crippen LogP contribution in [-0.4, -0.2) is 31.5 Å². The zero-order chi connectivity index (χ0) is 13.7. The van der Waals surface area contributed by atoms with Gasteiger partial charge in [0.15, 0.2) is 23.2 Å². The molecule has 0 radical (unpaired) electrons. The standard InChI is InChI=1S/C11H13N3O4S/c1-12-11(19)14-13-10(15)5-16-7-2-3-8-9(4-7)18-6-17-8/h2-4H,5-6H2,1H3,(H,13,15)(H2,12,14,19). The number of thiocarbonyl (C=S) groups is 1. The number of carbonyl (C=O) groups is 1. The molecule has 7 nitrogen and oxygen atoms in total. The lowest BCUT2D eigenvalue weighted by molar-refractivity contribution is -0.123. The summed E-state index contributed by atoms with van der Waals surface area (Å²) in [5.74, 6) is 1.44. The van der Waals surface area contributed by atoms with Crippen LogP contribution in [0.5, 0.6) is 17.2 Å². The van der Waals surface area contributed by atoms with Crippen LogP contribution in [0.15, 0.2) is 18.2 Å². The molecule has 1 amide bonds. The highest BCUT2D eigenvalue weighted by Crippen LogP contribution is 2.34. The Morgan fingerprint density at radius 2 is 2.16 bits per heavy atom. The first-order valence-electron chi connectivity index (χ1n) is 5.48. The Hall–Kier alpha value is -2.22. The van der Waals surface area contributed by atoms with Crippen LogP contribution in [0.4, 0.5) is 0 Å². The predicted molar refractivity (Wildman–Crippen MR) is 71.0 cm³/mol. The molecule has 1 aliphatic heterocycles. The summed E-state index contributed by atoms with van der Waals surface area (Å²) in [6, 6.07) is 5.09. The molecule has 0 bridgehead atoms. The Balaban J connectivity index is 1.79. The summed E-state index contributed by atoms with van der Waals surface area (Å²) in [6.45, 7) is 0.0592. The first-order valence-corrected chi connectivity index (χ1v) is 5.89. The third-order valence-electron chi connectivity index (χ3n) is 2.26. The summed E-state index contributed by atoms with van der Waals surface area (Å²) in [7, 11) is 1.64. The van der Waals surface area contributed by atoms with Gasteiger partial charge in [-0.05, 0) is 24.4 Å². The second kappa shape index (κ2) is 6.10. The zero-order valence-electron chi connectivity index (χ0n) is 10.2. The first-order chi connectivity index (χ1) is 9.19. The lowest BCUT2D eigenvalue weighted by Gasteiger charge is -2.10. The quantitative estimate of drug-likeness (QED) is 0.529. The van der Waals surface area contributed by atoms with E-state index in [1.165, 1.54) is 0 Å². The summed E-state index contributed by atoms with van der Waals surface area (Å²) in [5.41, 5.74) is 4.89. The summed E-state index contributed by atoms with van der Waals surface area (Å²) in [6.07, 6.45) is 0. The first kappa shape index (κ1) is 13.2. The molecule has 0 atom stereocenters. The van der Waals surface area contributed by atoms with E-state index < -0.39 is 0 Å². The van der Waals surface area contributed by atoms with Gasteiger partial charge in [0.2, 0.25) is 6.79 Å². The van der Waals surface area contributed by atoms with Crippen molar-refractivity contribution in [3.8, 4) is 17.2 Å². The van der Waals surface area contributed by atoms with Crippen molar-refractivity contribution >= 4 is 23.2 Å². The SMILES string of the molecule is CNC(=S)NNC(=O)COc1ccc2c(c1)OCO2. The van der Waals surface area contributed by atoms with Gasteiger partial charge in [0.05, 0.1) is 0 Å². The summed E-state index contributed by atoms with van der Waals surface area (Å²) in [4.78, 5) is 11.4. The second-order valence-electron chi connectivity index (χ2n) is 3.56. The van der Waals surface area contributed by atoms with Crippen molar-refractivity contribution in [2.24, 2.45) is 0 Å². The molecule has 102 valence electrons. The van der Waals surface area contributed by atoms with Crippen LogP contribution in [-0.2, 0) is 4.79 Å². The molecule has 0 fully saturated rings. The topological polar surface area (TPSA) is 80.9 Å². The van der Waals surface area contributed by atoms with Crippen LogP contribution >= 0.6 is 12.2 Å². The van der Waals surface area contributed by atoms with Crippen molar-refractivity contribution in [3.05, 3.63) is 18.2 Å². The third-order valence-corrected chi connectivity index (χ3v) is 2.56. The number of amides is 1. The Morgan fingerprint density at radius 1 is 1.37 bits per heavy atom. The number of hydrogen-bond donors (Lipinski definition) is 3. The maximum absolute atomic E-state index is 11.4. The van der Waals surface area contributed by atoms with Crippen LogP contribution in [0.1, 0.15) is 0 Å². The Morgan fingerprint density at radius 3 is 2.95 bits per heavy atom. The van der Waals surface area contributed by atoms with E-state index in [9.17, 15) is 4.79 Å². The number of hydrazine groups is 1. The van der Waals surface area contributed by atoms with Gasteiger partial charge >= 0.3 is 0 Å². The third kappa shape index (κ3) is 3.62. The van der Waals surface area contributed by atoms with Gasteiger partial charge in [-0.1, -0.05) is 0 Å². The van der Waals surface area contributed by atoms with Crippen molar-refractivity contribution in [2.75, 3.05) is 20.4 Å². The van der Waals surface area contributed by atoms with E-state index in [0.29, 0.717) is 22.4 Å². The van der Waals surface area contributed by atoms with E-state index >= 15 is 0 Å². The van der Waals surface area contributed by atoms with Crippen molar-refractivity contribution in [3.63, 3.8) is 0 Å². The molecule has 2 rings (SSSR count). The van der Waals surface area contributed by atoms with Gasteiger partial charge < -0.3 is 19.5 Å².